The normalized spacial score (nSPS) is 13.8. The SMILES string of the molecule is NC(CCCC(F)(F)F)c1cncc(F)c1. The molecule has 0 aromatic carbocycles. The standard InChI is InChI=1S/C10H12F4N2/c11-8-4-7(5-16-6-8)9(15)2-1-3-10(12,13)14/h4-6,9H,1-3,15H2. The fourth-order valence-electron chi connectivity index (χ4n) is 1.32. The lowest BCUT2D eigenvalue weighted by atomic mass is 10.0. The van der Waals surface area contributed by atoms with Crippen LogP contribution in [0.5, 0.6) is 0 Å². The van der Waals surface area contributed by atoms with Crippen molar-refractivity contribution in [2.45, 2.75) is 31.5 Å². The van der Waals surface area contributed by atoms with E-state index in [1.807, 2.05) is 0 Å². The second kappa shape index (κ2) is 5.25. The van der Waals surface area contributed by atoms with Crippen molar-refractivity contribution in [2.24, 2.45) is 5.73 Å². The number of rotatable bonds is 4. The summed E-state index contributed by atoms with van der Waals surface area (Å²) in [4.78, 5) is 3.58. The number of aromatic nitrogens is 1. The molecule has 0 amide bonds. The van der Waals surface area contributed by atoms with Crippen LogP contribution >= 0.6 is 0 Å². The van der Waals surface area contributed by atoms with E-state index in [0.29, 0.717) is 5.56 Å². The van der Waals surface area contributed by atoms with E-state index in [0.717, 1.165) is 6.20 Å². The third kappa shape index (κ3) is 4.57. The average molecular weight is 236 g/mol. The Kier molecular flexibility index (Phi) is 4.23. The number of alkyl halides is 3. The van der Waals surface area contributed by atoms with Crippen molar-refractivity contribution >= 4 is 0 Å². The fourth-order valence-corrected chi connectivity index (χ4v) is 1.32. The summed E-state index contributed by atoms with van der Waals surface area (Å²) in [6.07, 6.45) is -2.57. The largest absolute Gasteiger partial charge is 0.389 e. The molecule has 0 saturated heterocycles. The molecule has 1 atom stereocenters. The van der Waals surface area contributed by atoms with Crippen molar-refractivity contribution in [1.82, 2.24) is 4.98 Å². The number of hydrogen-bond donors (Lipinski definition) is 1. The van der Waals surface area contributed by atoms with Gasteiger partial charge in [-0.3, -0.25) is 4.98 Å². The second-order valence-electron chi connectivity index (χ2n) is 3.55. The van der Waals surface area contributed by atoms with Crippen LogP contribution in [0.4, 0.5) is 17.6 Å². The van der Waals surface area contributed by atoms with Crippen LogP contribution in [0, 0.1) is 5.82 Å². The Labute approximate surface area is 90.5 Å². The molecule has 0 spiro atoms. The molecule has 1 rings (SSSR count). The van der Waals surface area contributed by atoms with Crippen LogP contribution in [-0.2, 0) is 0 Å². The molecule has 0 bridgehead atoms. The number of nitrogens with zero attached hydrogens (tertiary/aromatic N) is 1. The highest BCUT2D eigenvalue weighted by Crippen LogP contribution is 2.25. The van der Waals surface area contributed by atoms with Crippen LogP contribution in [0.3, 0.4) is 0 Å². The number of pyridine rings is 1. The van der Waals surface area contributed by atoms with Gasteiger partial charge in [0.25, 0.3) is 0 Å². The van der Waals surface area contributed by atoms with Gasteiger partial charge in [0, 0.05) is 18.7 Å². The van der Waals surface area contributed by atoms with Gasteiger partial charge in [0.2, 0.25) is 0 Å². The quantitative estimate of drug-likeness (QED) is 0.816. The number of nitrogens with two attached hydrogens (primary N) is 1. The predicted molar refractivity (Wildman–Crippen MR) is 51.0 cm³/mol. The molecule has 16 heavy (non-hydrogen) atoms. The van der Waals surface area contributed by atoms with Gasteiger partial charge in [0.05, 0.1) is 6.20 Å². The predicted octanol–water partition coefficient (Wildman–Crippen LogP) is 2.95. The van der Waals surface area contributed by atoms with E-state index >= 15 is 0 Å². The summed E-state index contributed by atoms with van der Waals surface area (Å²) in [6.45, 7) is 0. The van der Waals surface area contributed by atoms with E-state index in [2.05, 4.69) is 4.98 Å². The van der Waals surface area contributed by atoms with E-state index in [4.69, 9.17) is 5.73 Å². The Morgan fingerprint density at radius 3 is 2.56 bits per heavy atom. The van der Waals surface area contributed by atoms with E-state index in [9.17, 15) is 17.6 Å². The Hall–Kier alpha value is -1.17. The molecule has 0 aliphatic carbocycles. The number of hydrogen-bond acceptors (Lipinski definition) is 2. The molecule has 2 N–H and O–H groups in total. The van der Waals surface area contributed by atoms with Crippen LogP contribution in [0.2, 0.25) is 0 Å². The molecular formula is C10H12F4N2. The second-order valence-corrected chi connectivity index (χ2v) is 3.55. The lowest BCUT2D eigenvalue weighted by Gasteiger charge is -2.12. The highest BCUT2D eigenvalue weighted by molar-refractivity contribution is 5.14. The molecule has 1 aromatic heterocycles. The summed E-state index contributed by atoms with van der Waals surface area (Å²) in [5, 5.41) is 0. The Morgan fingerprint density at radius 2 is 2.00 bits per heavy atom. The van der Waals surface area contributed by atoms with E-state index in [1.54, 1.807) is 0 Å². The summed E-state index contributed by atoms with van der Waals surface area (Å²) >= 11 is 0. The minimum atomic E-state index is -4.17. The molecule has 1 aromatic rings. The monoisotopic (exact) mass is 236 g/mol. The highest BCUT2D eigenvalue weighted by atomic mass is 19.4. The number of halogens is 4. The Morgan fingerprint density at radius 1 is 1.31 bits per heavy atom. The zero-order chi connectivity index (χ0) is 12.2. The third-order valence-corrected chi connectivity index (χ3v) is 2.13. The molecule has 0 aliphatic heterocycles. The van der Waals surface area contributed by atoms with E-state index < -0.39 is 24.5 Å². The maximum absolute atomic E-state index is 12.7. The fraction of sp³-hybridized carbons (Fsp3) is 0.500. The third-order valence-electron chi connectivity index (χ3n) is 2.13. The summed E-state index contributed by atoms with van der Waals surface area (Å²) in [7, 11) is 0. The van der Waals surface area contributed by atoms with Crippen LogP contribution < -0.4 is 5.73 Å². The highest BCUT2D eigenvalue weighted by Gasteiger charge is 2.26. The van der Waals surface area contributed by atoms with Gasteiger partial charge in [-0.1, -0.05) is 0 Å². The lowest BCUT2D eigenvalue weighted by molar-refractivity contribution is -0.135. The van der Waals surface area contributed by atoms with Gasteiger partial charge >= 0.3 is 6.18 Å². The van der Waals surface area contributed by atoms with Gasteiger partial charge in [-0.25, -0.2) is 4.39 Å². The Balaban J connectivity index is 2.44. The smallest absolute Gasteiger partial charge is 0.324 e. The molecule has 0 fully saturated rings. The molecular weight excluding hydrogens is 224 g/mol. The summed E-state index contributed by atoms with van der Waals surface area (Å²) in [5.74, 6) is -0.538. The maximum Gasteiger partial charge on any atom is 0.389 e. The summed E-state index contributed by atoms with van der Waals surface area (Å²) in [5.41, 5.74) is 6.04. The van der Waals surface area contributed by atoms with E-state index in [1.165, 1.54) is 12.3 Å². The van der Waals surface area contributed by atoms with Crippen molar-refractivity contribution in [3.8, 4) is 0 Å². The molecule has 0 saturated carbocycles. The molecule has 0 aliphatic rings. The molecule has 2 nitrogen and oxygen atoms in total. The molecule has 1 heterocycles. The molecule has 1 unspecified atom stereocenters. The van der Waals surface area contributed by atoms with Gasteiger partial charge < -0.3 is 5.73 Å². The summed E-state index contributed by atoms with van der Waals surface area (Å²) in [6, 6.07) is 0.580. The lowest BCUT2D eigenvalue weighted by Crippen LogP contribution is -2.13. The van der Waals surface area contributed by atoms with Crippen LogP contribution in [0.25, 0.3) is 0 Å². The average Bonchev–Trinajstić information content (AvgIpc) is 2.15. The Bertz CT molecular complexity index is 338. The van der Waals surface area contributed by atoms with Crippen molar-refractivity contribution < 1.29 is 17.6 Å². The van der Waals surface area contributed by atoms with Crippen molar-refractivity contribution in [3.05, 3.63) is 29.8 Å². The summed E-state index contributed by atoms with van der Waals surface area (Å²) < 4.78 is 48.3. The van der Waals surface area contributed by atoms with Gasteiger partial charge in [-0.15, -0.1) is 0 Å². The minimum Gasteiger partial charge on any atom is -0.324 e. The van der Waals surface area contributed by atoms with Gasteiger partial charge in [-0.2, -0.15) is 13.2 Å². The maximum atomic E-state index is 12.7. The van der Waals surface area contributed by atoms with Gasteiger partial charge in [0.15, 0.2) is 0 Å². The zero-order valence-corrected chi connectivity index (χ0v) is 8.47. The van der Waals surface area contributed by atoms with Crippen LogP contribution in [0.1, 0.15) is 30.9 Å². The topological polar surface area (TPSA) is 38.9 Å². The van der Waals surface area contributed by atoms with Crippen LogP contribution in [-0.4, -0.2) is 11.2 Å². The van der Waals surface area contributed by atoms with Gasteiger partial charge in [-0.05, 0) is 24.5 Å². The first kappa shape index (κ1) is 12.9. The molecule has 90 valence electrons. The first-order valence-electron chi connectivity index (χ1n) is 4.81. The van der Waals surface area contributed by atoms with Crippen LogP contribution in [0.15, 0.2) is 18.5 Å². The van der Waals surface area contributed by atoms with E-state index in [-0.39, 0.29) is 12.8 Å². The van der Waals surface area contributed by atoms with Crippen molar-refractivity contribution in [3.63, 3.8) is 0 Å². The zero-order valence-electron chi connectivity index (χ0n) is 8.47. The first-order chi connectivity index (χ1) is 7.38. The molecule has 6 heteroatoms. The molecule has 0 radical (unpaired) electrons. The van der Waals surface area contributed by atoms with Crippen molar-refractivity contribution in [2.75, 3.05) is 0 Å². The van der Waals surface area contributed by atoms with Gasteiger partial charge in [0.1, 0.15) is 5.82 Å². The van der Waals surface area contributed by atoms with Crippen molar-refractivity contribution in [1.29, 1.82) is 0 Å². The minimum absolute atomic E-state index is 0.0683. The first-order valence-corrected chi connectivity index (χ1v) is 4.81.